The van der Waals surface area contributed by atoms with E-state index < -0.39 is 11.9 Å². The number of para-hydroxylation sites is 1. The minimum Gasteiger partial charge on any atom is -0.486 e. The molecule has 2 aromatic heterocycles. The van der Waals surface area contributed by atoms with Crippen LogP contribution < -0.4 is 26.2 Å². The first-order valence-electron chi connectivity index (χ1n) is 9.35. The molecule has 31 heavy (non-hydrogen) atoms. The van der Waals surface area contributed by atoms with Crippen LogP contribution in [0.15, 0.2) is 65.2 Å². The number of urea groups is 1. The largest absolute Gasteiger partial charge is 0.486 e. The number of hydrazine groups is 1. The van der Waals surface area contributed by atoms with Gasteiger partial charge in [-0.2, -0.15) is 5.26 Å². The summed E-state index contributed by atoms with van der Waals surface area (Å²) in [6.07, 6.45) is 1.56. The fourth-order valence-electron chi connectivity index (χ4n) is 2.46. The molecule has 0 aliphatic carbocycles. The summed E-state index contributed by atoms with van der Waals surface area (Å²) >= 11 is 0. The van der Waals surface area contributed by atoms with E-state index in [0.29, 0.717) is 29.4 Å². The van der Waals surface area contributed by atoms with E-state index in [1.165, 1.54) is 6.07 Å². The highest BCUT2D eigenvalue weighted by molar-refractivity contribution is 5.92. The van der Waals surface area contributed by atoms with Gasteiger partial charge in [0.15, 0.2) is 5.76 Å². The second-order valence-corrected chi connectivity index (χ2v) is 6.14. The quantitative estimate of drug-likeness (QED) is 0.323. The van der Waals surface area contributed by atoms with Crippen molar-refractivity contribution < 1.29 is 18.7 Å². The fourth-order valence-corrected chi connectivity index (χ4v) is 2.46. The predicted octanol–water partition coefficient (Wildman–Crippen LogP) is 2.18. The lowest BCUT2D eigenvalue weighted by atomic mass is 10.3. The van der Waals surface area contributed by atoms with Gasteiger partial charge in [-0.25, -0.2) is 15.2 Å². The molecule has 3 aromatic rings. The molecule has 4 N–H and O–H groups in total. The lowest BCUT2D eigenvalue weighted by Crippen LogP contribution is -2.47. The number of hydrogen-bond donors (Lipinski definition) is 4. The Morgan fingerprint density at radius 2 is 1.87 bits per heavy atom. The Bertz CT molecular complexity index is 1060. The normalized spacial score (nSPS) is 9.90. The number of hydrogen-bond acceptors (Lipinski definition) is 7. The van der Waals surface area contributed by atoms with Crippen molar-refractivity contribution in [1.82, 2.24) is 21.2 Å². The minimum absolute atomic E-state index is 0.0350. The summed E-state index contributed by atoms with van der Waals surface area (Å²) < 4.78 is 11.0. The monoisotopic (exact) mass is 420 g/mol. The maximum atomic E-state index is 12.1. The number of nitrogens with zero attached hydrogens (tertiary/aromatic N) is 2. The van der Waals surface area contributed by atoms with Gasteiger partial charge in [-0.15, -0.1) is 0 Å². The molecule has 0 atom stereocenters. The molecule has 0 bridgehead atoms. The van der Waals surface area contributed by atoms with Crippen molar-refractivity contribution in [3.05, 3.63) is 77.9 Å². The Labute approximate surface area is 178 Å². The number of carbonyl (C=O) groups is 2. The highest BCUT2D eigenvalue weighted by Gasteiger charge is 2.12. The number of nitriles is 1. The molecule has 10 nitrogen and oxygen atoms in total. The van der Waals surface area contributed by atoms with Crippen LogP contribution in [-0.2, 0) is 6.61 Å². The molecule has 3 amide bonds. The molecule has 0 saturated carbocycles. The SMILES string of the molecule is N#Cc1cccnc1NCCNC(=O)NNC(=O)c1ccc(COc2ccccc2)o1. The molecule has 0 aliphatic heterocycles. The molecular formula is C21H20N6O4. The van der Waals surface area contributed by atoms with E-state index in [9.17, 15) is 9.59 Å². The summed E-state index contributed by atoms with van der Waals surface area (Å²) in [6.45, 7) is 0.753. The van der Waals surface area contributed by atoms with E-state index in [4.69, 9.17) is 14.4 Å². The number of anilines is 1. The molecule has 0 aliphatic rings. The van der Waals surface area contributed by atoms with Gasteiger partial charge in [-0.3, -0.25) is 10.2 Å². The number of aromatic nitrogens is 1. The molecule has 1 aromatic carbocycles. The van der Waals surface area contributed by atoms with E-state index >= 15 is 0 Å². The average molecular weight is 420 g/mol. The number of benzene rings is 1. The van der Waals surface area contributed by atoms with Gasteiger partial charge in [0.25, 0.3) is 0 Å². The summed E-state index contributed by atoms with van der Waals surface area (Å²) in [5, 5.41) is 14.5. The van der Waals surface area contributed by atoms with Gasteiger partial charge in [0, 0.05) is 19.3 Å². The summed E-state index contributed by atoms with van der Waals surface area (Å²) in [5.74, 6) is 1.02. The zero-order chi connectivity index (χ0) is 21.9. The van der Waals surface area contributed by atoms with Gasteiger partial charge >= 0.3 is 11.9 Å². The Balaban J connectivity index is 1.35. The number of carbonyl (C=O) groups excluding carboxylic acids is 2. The van der Waals surface area contributed by atoms with Crippen molar-refractivity contribution in [2.45, 2.75) is 6.61 Å². The van der Waals surface area contributed by atoms with Gasteiger partial charge in [0.1, 0.15) is 30.0 Å². The molecule has 0 fully saturated rings. The van der Waals surface area contributed by atoms with Gasteiger partial charge in [-0.05, 0) is 36.4 Å². The van der Waals surface area contributed by atoms with E-state index in [1.807, 2.05) is 36.4 Å². The van der Waals surface area contributed by atoms with Crippen molar-refractivity contribution in [3.8, 4) is 11.8 Å². The van der Waals surface area contributed by atoms with Crippen LogP contribution in [0.2, 0.25) is 0 Å². The molecule has 10 heteroatoms. The van der Waals surface area contributed by atoms with Gasteiger partial charge in [-0.1, -0.05) is 18.2 Å². The van der Waals surface area contributed by atoms with Crippen molar-refractivity contribution in [1.29, 1.82) is 5.26 Å². The Hall–Kier alpha value is -4.52. The summed E-state index contributed by atoms with van der Waals surface area (Å²) in [4.78, 5) is 27.9. The second-order valence-electron chi connectivity index (χ2n) is 6.14. The van der Waals surface area contributed by atoms with Crippen LogP contribution in [0.5, 0.6) is 5.75 Å². The number of ether oxygens (including phenoxy) is 1. The molecular weight excluding hydrogens is 400 g/mol. The van der Waals surface area contributed by atoms with Crippen molar-refractivity contribution in [2.24, 2.45) is 0 Å². The molecule has 3 rings (SSSR count). The van der Waals surface area contributed by atoms with Gasteiger partial charge < -0.3 is 19.8 Å². The molecule has 0 radical (unpaired) electrons. The van der Waals surface area contributed by atoms with Crippen molar-refractivity contribution >= 4 is 17.8 Å². The number of amides is 3. The highest BCUT2D eigenvalue weighted by atomic mass is 16.5. The van der Waals surface area contributed by atoms with E-state index in [-0.39, 0.29) is 18.9 Å². The maximum Gasteiger partial charge on any atom is 0.333 e. The summed E-state index contributed by atoms with van der Waals surface area (Å²) in [6, 6.07) is 17.0. The Kier molecular flexibility index (Phi) is 7.43. The maximum absolute atomic E-state index is 12.1. The molecule has 158 valence electrons. The zero-order valence-corrected chi connectivity index (χ0v) is 16.4. The van der Waals surface area contributed by atoms with Crippen LogP contribution in [0.3, 0.4) is 0 Å². The second kappa shape index (κ2) is 10.9. The smallest absolute Gasteiger partial charge is 0.333 e. The topological polar surface area (TPSA) is 141 Å². The van der Waals surface area contributed by atoms with E-state index in [0.717, 1.165) is 0 Å². The number of nitrogens with one attached hydrogen (secondary N) is 4. The van der Waals surface area contributed by atoms with E-state index in [2.05, 4.69) is 26.5 Å². The Morgan fingerprint density at radius 1 is 1.03 bits per heavy atom. The molecule has 0 unspecified atom stereocenters. The molecule has 0 spiro atoms. The first-order valence-corrected chi connectivity index (χ1v) is 9.35. The van der Waals surface area contributed by atoms with Gasteiger partial charge in [0.05, 0.1) is 5.56 Å². The lowest BCUT2D eigenvalue weighted by molar-refractivity contribution is 0.0904. The number of furan rings is 1. The minimum atomic E-state index is -0.605. The van der Waals surface area contributed by atoms with Crippen LogP contribution in [0.1, 0.15) is 21.9 Å². The van der Waals surface area contributed by atoms with Crippen molar-refractivity contribution in [2.75, 3.05) is 18.4 Å². The number of pyridine rings is 1. The molecule has 2 heterocycles. The van der Waals surface area contributed by atoms with Crippen LogP contribution in [0, 0.1) is 11.3 Å². The highest BCUT2D eigenvalue weighted by Crippen LogP contribution is 2.13. The van der Waals surface area contributed by atoms with Crippen LogP contribution in [-0.4, -0.2) is 30.0 Å². The third-order valence-electron chi connectivity index (χ3n) is 3.93. The van der Waals surface area contributed by atoms with Crippen LogP contribution >= 0.6 is 0 Å². The van der Waals surface area contributed by atoms with Crippen LogP contribution in [0.4, 0.5) is 10.6 Å². The first kappa shape index (κ1) is 21.2. The zero-order valence-electron chi connectivity index (χ0n) is 16.4. The Morgan fingerprint density at radius 3 is 2.68 bits per heavy atom. The summed E-state index contributed by atoms with van der Waals surface area (Å²) in [5.41, 5.74) is 4.89. The first-order chi connectivity index (χ1) is 15.2. The van der Waals surface area contributed by atoms with E-state index in [1.54, 1.807) is 24.4 Å². The average Bonchev–Trinajstić information content (AvgIpc) is 3.29. The third-order valence-corrected chi connectivity index (χ3v) is 3.93. The predicted molar refractivity (Wildman–Crippen MR) is 111 cm³/mol. The number of rotatable bonds is 8. The third kappa shape index (κ3) is 6.50. The fraction of sp³-hybridized carbons (Fsp3) is 0.143. The van der Waals surface area contributed by atoms with Gasteiger partial charge in [0.2, 0.25) is 0 Å². The summed E-state index contributed by atoms with van der Waals surface area (Å²) in [7, 11) is 0. The van der Waals surface area contributed by atoms with Crippen molar-refractivity contribution in [3.63, 3.8) is 0 Å². The van der Waals surface area contributed by atoms with Crippen LogP contribution in [0.25, 0.3) is 0 Å². The standard InChI is InChI=1S/C21H20N6O4/c22-13-15-5-4-10-23-19(15)24-11-12-25-21(29)27-26-20(28)18-9-8-17(31-18)14-30-16-6-2-1-3-7-16/h1-10H,11-12,14H2,(H,23,24)(H,26,28)(H2,25,27,29). The molecule has 0 saturated heterocycles. The lowest BCUT2D eigenvalue weighted by Gasteiger charge is -2.09.